The molecule has 3 atom stereocenters. The Morgan fingerprint density at radius 3 is 2.29 bits per heavy atom. The summed E-state index contributed by atoms with van der Waals surface area (Å²) >= 11 is 0. The first-order valence-electron chi connectivity index (χ1n) is 7.59. The van der Waals surface area contributed by atoms with Gasteiger partial charge >= 0.3 is 5.97 Å². The van der Waals surface area contributed by atoms with E-state index in [9.17, 15) is 14.7 Å². The van der Waals surface area contributed by atoms with Crippen LogP contribution < -0.4 is 5.32 Å². The topological polar surface area (TPSA) is 66.4 Å². The van der Waals surface area contributed by atoms with Gasteiger partial charge in [0.2, 0.25) is 5.91 Å². The molecule has 4 nitrogen and oxygen atoms in total. The maximum Gasteiger partial charge on any atom is 0.326 e. The van der Waals surface area contributed by atoms with Gasteiger partial charge in [-0.2, -0.15) is 0 Å². The van der Waals surface area contributed by atoms with Crippen molar-refractivity contribution in [3.8, 4) is 0 Å². The normalized spacial score (nSPS) is 15.0. The highest BCUT2D eigenvalue weighted by Crippen LogP contribution is 2.27. The first-order valence-corrected chi connectivity index (χ1v) is 7.59. The molecule has 0 spiro atoms. The van der Waals surface area contributed by atoms with Crippen molar-refractivity contribution in [3.63, 3.8) is 0 Å². The molecular weight excluding hydrogens is 266 g/mol. The molecule has 4 heteroatoms. The van der Waals surface area contributed by atoms with Gasteiger partial charge in [0, 0.05) is 0 Å². The minimum absolute atomic E-state index is 0.156. The van der Waals surface area contributed by atoms with E-state index in [1.54, 1.807) is 0 Å². The first kappa shape index (κ1) is 17.2. The van der Waals surface area contributed by atoms with Crippen LogP contribution in [0.25, 0.3) is 0 Å². The number of hydrogen-bond donors (Lipinski definition) is 2. The van der Waals surface area contributed by atoms with Gasteiger partial charge in [0.05, 0.1) is 5.92 Å². The van der Waals surface area contributed by atoms with Crippen LogP contribution in [-0.4, -0.2) is 23.0 Å². The number of carbonyl (C=O) groups excluding carboxylic acids is 1. The molecule has 0 aromatic heterocycles. The minimum atomic E-state index is -0.971. The Kier molecular flexibility index (Phi) is 6.92. The van der Waals surface area contributed by atoms with Crippen molar-refractivity contribution in [1.29, 1.82) is 0 Å². The van der Waals surface area contributed by atoms with Crippen molar-refractivity contribution in [2.45, 2.75) is 52.0 Å². The molecule has 1 amide bonds. The molecule has 1 rings (SSSR count). The molecule has 0 bridgehead atoms. The van der Waals surface area contributed by atoms with E-state index in [0.29, 0.717) is 6.42 Å². The van der Waals surface area contributed by atoms with Gasteiger partial charge in [0.25, 0.3) is 0 Å². The van der Waals surface area contributed by atoms with Crippen molar-refractivity contribution < 1.29 is 14.7 Å². The van der Waals surface area contributed by atoms with Crippen LogP contribution in [0.2, 0.25) is 0 Å². The summed E-state index contributed by atoms with van der Waals surface area (Å²) in [5.74, 6) is -1.32. The molecule has 3 unspecified atom stereocenters. The maximum atomic E-state index is 12.6. The molecule has 21 heavy (non-hydrogen) atoms. The van der Waals surface area contributed by atoms with Crippen LogP contribution in [0.3, 0.4) is 0 Å². The van der Waals surface area contributed by atoms with E-state index in [-0.39, 0.29) is 17.7 Å². The van der Waals surface area contributed by atoms with Gasteiger partial charge in [0.15, 0.2) is 0 Å². The molecule has 0 heterocycles. The van der Waals surface area contributed by atoms with E-state index < -0.39 is 12.0 Å². The number of carbonyl (C=O) groups is 2. The van der Waals surface area contributed by atoms with E-state index in [4.69, 9.17) is 0 Å². The fraction of sp³-hybridized carbons (Fsp3) is 0.529. The highest BCUT2D eigenvalue weighted by Gasteiger charge is 2.29. The van der Waals surface area contributed by atoms with Crippen molar-refractivity contribution in [1.82, 2.24) is 5.32 Å². The predicted molar refractivity (Wildman–Crippen MR) is 83.1 cm³/mol. The highest BCUT2D eigenvalue weighted by atomic mass is 16.4. The van der Waals surface area contributed by atoms with Crippen LogP contribution >= 0.6 is 0 Å². The molecule has 0 saturated carbocycles. The van der Waals surface area contributed by atoms with E-state index in [2.05, 4.69) is 5.32 Å². The second-order valence-electron chi connectivity index (χ2n) is 5.46. The predicted octanol–water partition coefficient (Wildman–Crippen LogP) is 3.19. The third-order valence-corrected chi connectivity index (χ3v) is 3.85. The lowest BCUT2D eigenvalue weighted by atomic mass is 9.84. The fourth-order valence-electron chi connectivity index (χ4n) is 2.44. The summed E-state index contributed by atoms with van der Waals surface area (Å²) in [6.07, 6.45) is 2.03. The first-order chi connectivity index (χ1) is 10.0. The van der Waals surface area contributed by atoms with Crippen molar-refractivity contribution in [2.75, 3.05) is 0 Å². The monoisotopic (exact) mass is 291 g/mol. The number of aliphatic carboxylic acids is 1. The minimum Gasteiger partial charge on any atom is -0.480 e. The number of amides is 1. The second kappa shape index (κ2) is 8.45. The van der Waals surface area contributed by atoms with Gasteiger partial charge in [-0.15, -0.1) is 0 Å². The Hall–Kier alpha value is -1.84. The number of rotatable bonds is 8. The molecular formula is C17H25NO3. The summed E-state index contributed by atoms with van der Waals surface area (Å²) in [6, 6.07) is 8.75. The number of carboxylic acid groups (broad SMARTS) is 1. The average molecular weight is 291 g/mol. The Balaban J connectivity index is 2.93. The SMILES string of the molecule is CCCC(NC(=O)C(c1ccccc1)C(C)CC)C(=O)O. The summed E-state index contributed by atoms with van der Waals surface area (Å²) in [4.78, 5) is 23.8. The Morgan fingerprint density at radius 1 is 1.19 bits per heavy atom. The molecule has 1 aromatic rings. The van der Waals surface area contributed by atoms with E-state index in [0.717, 1.165) is 18.4 Å². The fourth-order valence-corrected chi connectivity index (χ4v) is 2.44. The number of hydrogen-bond acceptors (Lipinski definition) is 2. The summed E-state index contributed by atoms with van der Waals surface area (Å²) in [6.45, 7) is 5.97. The standard InChI is InChI=1S/C17H25NO3/c1-4-9-14(17(20)21)18-16(19)15(12(3)5-2)13-10-7-6-8-11-13/h6-8,10-12,14-15H,4-5,9H2,1-3H3,(H,18,19)(H,20,21). The lowest BCUT2D eigenvalue weighted by molar-refractivity contribution is -0.142. The van der Waals surface area contributed by atoms with Crippen LogP contribution in [0, 0.1) is 5.92 Å². The van der Waals surface area contributed by atoms with Crippen molar-refractivity contribution >= 4 is 11.9 Å². The Bertz CT molecular complexity index is 458. The van der Waals surface area contributed by atoms with Gasteiger partial charge in [-0.1, -0.05) is 63.9 Å². The highest BCUT2D eigenvalue weighted by molar-refractivity contribution is 5.88. The van der Waals surface area contributed by atoms with E-state index in [1.807, 2.05) is 51.1 Å². The van der Waals surface area contributed by atoms with Crippen LogP contribution in [0.5, 0.6) is 0 Å². The quantitative estimate of drug-likeness (QED) is 0.773. The van der Waals surface area contributed by atoms with Gasteiger partial charge in [0.1, 0.15) is 6.04 Å². The van der Waals surface area contributed by atoms with Crippen LogP contribution in [0.4, 0.5) is 0 Å². The molecule has 2 N–H and O–H groups in total. The zero-order valence-electron chi connectivity index (χ0n) is 13.0. The molecule has 0 aliphatic carbocycles. The van der Waals surface area contributed by atoms with Gasteiger partial charge < -0.3 is 10.4 Å². The molecule has 0 radical (unpaired) electrons. The summed E-state index contributed by atoms with van der Waals surface area (Å²) < 4.78 is 0. The molecule has 0 aliphatic heterocycles. The Labute approximate surface area is 126 Å². The van der Waals surface area contributed by atoms with Gasteiger partial charge in [-0.05, 0) is 17.9 Å². The summed E-state index contributed by atoms with van der Waals surface area (Å²) in [5.41, 5.74) is 0.935. The van der Waals surface area contributed by atoms with Gasteiger partial charge in [-0.25, -0.2) is 4.79 Å². The number of benzene rings is 1. The molecule has 0 fully saturated rings. The molecule has 0 aliphatic rings. The van der Waals surface area contributed by atoms with Gasteiger partial charge in [-0.3, -0.25) is 4.79 Å². The van der Waals surface area contributed by atoms with Crippen LogP contribution in [0.15, 0.2) is 30.3 Å². The lowest BCUT2D eigenvalue weighted by Gasteiger charge is -2.24. The van der Waals surface area contributed by atoms with Crippen molar-refractivity contribution in [3.05, 3.63) is 35.9 Å². The third kappa shape index (κ3) is 4.88. The van der Waals surface area contributed by atoms with E-state index in [1.165, 1.54) is 0 Å². The zero-order chi connectivity index (χ0) is 15.8. The molecule has 1 aromatic carbocycles. The average Bonchev–Trinajstić information content (AvgIpc) is 2.47. The molecule has 116 valence electrons. The third-order valence-electron chi connectivity index (χ3n) is 3.85. The maximum absolute atomic E-state index is 12.6. The Morgan fingerprint density at radius 2 is 1.81 bits per heavy atom. The zero-order valence-corrected chi connectivity index (χ0v) is 13.0. The number of nitrogens with one attached hydrogen (secondary N) is 1. The number of carboxylic acids is 1. The second-order valence-corrected chi connectivity index (χ2v) is 5.46. The lowest BCUT2D eigenvalue weighted by Crippen LogP contribution is -2.44. The summed E-state index contributed by atoms with van der Waals surface area (Å²) in [7, 11) is 0. The largest absolute Gasteiger partial charge is 0.480 e. The van der Waals surface area contributed by atoms with E-state index >= 15 is 0 Å². The summed E-state index contributed by atoms with van der Waals surface area (Å²) in [5, 5.41) is 11.9. The smallest absolute Gasteiger partial charge is 0.326 e. The van der Waals surface area contributed by atoms with Crippen molar-refractivity contribution in [2.24, 2.45) is 5.92 Å². The van der Waals surface area contributed by atoms with Crippen LogP contribution in [-0.2, 0) is 9.59 Å². The van der Waals surface area contributed by atoms with Crippen LogP contribution in [0.1, 0.15) is 51.5 Å². The molecule has 0 saturated heterocycles.